The Kier molecular flexibility index (Phi) is 3.95. The van der Waals surface area contributed by atoms with Gasteiger partial charge in [-0.3, -0.25) is 14.3 Å². The van der Waals surface area contributed by atoms with Crippen LogP contribution in [-0.4, -0.2) is 9.55 Å². The third-order valence-electron chi connectivity index (χ3n) is 3.45. The van der Waals surface area contributed by atoms with E-state index < -0.39 is 23.0 Å². The molecule has 1 N–H and O–H groups in total. The number of nitrogens with one attached hydrogen (secondary N) is 1. The average molecular weight is 333 g/mol. The predicted molar refractivity (Wildman–Crippen MR) is 76.9 cm³/mol. The highest BCUT2D eigenvalue weighted by atomic mass is 35.5. The van der Waals surface area contributed by atoms with Crippen molar-refractivity contribution in [1.29, 1.82) is 0 Å². The van der Waals surface area contributed by atoms with Gasteiger partial charge in [-0.05, 0) is 38.5 Å². The van der Waals surface area contributed by atoms with Gasteiger partial charge in [-0.25, -0.2) is 4.79 Å². The second-order valence-corrected chi connectivity index (χ2v) is 5.33. The summed E-state index contributed by atoms with van der Waals surface area (Å²) >= 11 is 5.96. The van der Waals surface area contributed by atoms with Crippen LogP contribution in [0.5, 0.6) is 0 Å². The summed E-state index contributed by atoms with van der Waals surface area (Å²) in [5.74, 6) is 0. The van der Waals surface area contributed by atoms with E-state index in [1.54, 1.807) is 0 Å². The van der Waals surface area contributed by atoms with Gasteiger partial charge in [0.25, 0.3) is 5.56 Å². The summed E-state index contributed by atoms with van der Waals surface area (Å²) in [6.07, 6.45) is -4.53. The van der Waals surface area contributed by atoms with Gasteiger partial charge in [0.1, 0.15) is 0 Å². The molecule has 2 rings (SSSR count). The van der Waals surface area contributed by atoms with Crippen LogP contribution in [-0.2, 0) is 6.18 Å². The zero-order valence-corrected chi connectivity index (χ0v) is 12.7. The van der Waals surface area contributed by atoms with Crippen LogP contribution < -0.4 is 11.2 Å². The zero-order valence-electron chi connectivity index (χ0n) is 11.9. The fraction of sp³-hybridized carbons (Fsp3) is 0.286. The Balaban J connectivity index is 2.84. The molecule has 0 spiro atoms. The summed E-state index contributed by atoms with van der Waals surface area (Å²) in [5, 5.41) is -0.219. The molecule has 22 heavy (non-hydrogen) atoms. The maximum Gasteiger partial charge on any atom is 0.416 e. The van der Waals surface area contributed by atoms with Gasteiger partial charge in [0, 0.05) is 11.3 Å². The van der Waals surface area contributed by atoms with Gasteiger partial charge in [0.2, 0.25) is 0 Å². The van der Waals surface area contributed by atoms with Crippen LogP contribution in [0.25, 0.3) is 5.69 Å². The van der Waals surface area contributed by atoms with Crippen molar-refractivity contribution < 1.29 is 13.2 Å². The van der Waals surface area contributed by atoms with E-state index in [0.717, 1.165) is 16.7 Å². The molecule has 1 aromatic heterocycles. The molecule has 0 saturated carbocycles. The van der Waals surface area contributed by atoms with Gasteiger partial charge >= 0.3 is 11.9 Å². The third-order valence-corrected chi connectivity index (χ3v) is 3.74. The number of nitrogens with zero attached hydrogens (tertiary/aromatic N) is 1. The molecule has 0 aliphatic rings. The normalized spacial score (nSPS) is 11.8. The minimum absolute atomic E-state index is 0.122. The van der Waals surface area contributed by atoms with E-state index in [-0.39, 0.29) is 21.8 Å². The topological polar surface area (TPSA) is 54.9 Å². The predicted octanol–water partition coefficient (Wildman–Crippen LogP) is 3.12. The van der Waals surface area contributed by atoms with Crippen molar-refractivity contribution in [2.75, 3.05) is 0 Å². The van der Waals surface area contributed by atoms with Crippen LogP contribution >= 0.6 is 11.6 Å². The monoisotopic (exact) mass is 332 g/mol. The van der Waals surface area contributed by atoms with E-state index in [2.05, 4.69) is 4.98 Å². The lowest BCUT2D eigenvalue weighted by atomic mass is 10.1. The number of H-pyrrole nitrogens is 1. The number of aryl methyl sites for hydroxylation is 1. The lowest BCUT2D eigenvalue weighted by molar-refractivity contribution is -0.137. The molecule has 0 bridgehead atoms. The SMILES string of the molecule is Cc1cc(C(F)(F)F)cc(Cl)c1-n1c(C)c(C)c(=O)[nH]c1=O. The summed E-state index contributed by atoms with van der Waals surface area (Å²) in [6.45, 7) is 4.46. The van der Waals surface area contributed by atoms with E-state index in [0.29, 0.717) is 5.69 Å². The maximum atomic E-state index is 12.8. The minimum atomic E-state index is -4.53. The lowest BCUT2D eigenvalue weighted by Gasteiger charge is -2.17. The third kappa shape index (κ3) is 2.68. The zero-order chi connectivity index (χ0) is 16.8. The first-order valence-electron chi connectivity index (χ1n) is 6.24. The Hall–Kier alpha value is -2.02. The van der Waals surface area contributed by atoms with Gasteiger partial charge in [-0.2, -0.15) is 13.2 Å². The number of aromatic amines is 1. The minimum Gasteiger partial charge on any atom is -0.273 e. The maximum absolute atomic E-state index is 12.8. The fourth-order valence-electron chi connectivity index (χ4n) is 2.18. The largest absolute Gasteiger partial charge is 0.416 e. The second kappa shape index (κ2) is 5.31. The average Bonchev–Trinajstić information content (AvgIpc) is 2.38. The summed E-state index contributed by atoms with van der Waals surface area (Å²) < 4.78 is 39.5. The first-order valence-corrected chi connectivity index (χ1v) is 6.62. The van der Waals surface area contributed by atoms with Crippen LogP contribution in [0.3, 0.4) is 0 Å². The molecule has 1 aromatic carbocycles. The Morgan fingerprint density at radius 3 is 2.23 bits per heavy atom. The molecule has 4 nitrogen and oxygen atoms in total. The molecule has 0 saturated heterocycles. The number of alkyl halides is 3. The highest BCUT2D eigenvalue weighted by Crippen LogP contribution is 2.35. The van der Waals surface area contributed by atoms with Crippen LogP contribution in [0, 0.1) is 20.8 Å². The van der Waals surface area contributed by atoms with Crippen LogP contribution in [0.15, 0.2) is 21.7 Å². The molecule has 0 unspecified atom stereocenters. The van der Waals surface area contributed by atoms with Crippen LogP contribution in [0.2, 0.25) is 5.02 Å². The standard InChI is InChI=1S/C14H12ClF3N2O2/c1-6-4-9(14(16,17)18)5-10(15)11(6)20-8(3)7(2)12(21)19-13(20)22/h4-5H,1-3H3,(H,19,21,22). The number of aromatic nitrogens is 2. The molecule has 0 aliphatic heterocycles. The molecule has 1 heterocycles. The van der Waals surface area contributed by atoms with E-state index >= 15 is 0 Å². The van der Waals surface area contributed by atoms with Gasteiger partial charge in [0.15, 0.2) is 0 Å². The van der Waals surface area contributed by atoms with Crippen molar-refractivity contribution in [3.05, 3.63) is 60.4 Å². The quantitative estimate of drug-likeness (QED) is 0.872. The Labute approximate surface area is 128 Å². The molecule has 2 aromatic rings. The first-order chi connectivity index (χ1) is 10.0. The van der Waals surface area contributed by atoms with Crippen LogP contribution in [0.4, 0.5) is 13.2 Å². The van der Waals surface area contributed by atoms with Gasteiger partial charge < -0.3 is 0 Å². The van der Waals surface area contributed by atoms with Crippen molar-refractivity contribution in [1.82, 2.24) is 9.55 Å². The van der Waals surface area contributed by atoms with Crippen molar-refractivity contribution in [2.24, 2.45) is 0 Å². The molecule has 0 amide bonds. The Bertz CT molecular complexity index is 843. The number of benzene rings is 1. The molecule has 0 fully saturated rings. The summed E-state index contributed by atoms with van der Waals surface area (Å²) in [6, 6.07) is 1.67. The van der Waals surface area contributed by atoms with E-state index in [4.69, 9.17) is 11.6 Å². The fourth-order valence-corrected chi connectivity index (χ4v) is 2.53. The van der Waals surface area contributed by atoms with Crippen molar-refractivity contribution in [3.63, 3.8) is 0 Å². The first kappa shape index (κ1) is 16.4. The molecule has 8 heteroatoms. The molecule has 118 valence electrons. The van der Waals surface area contributed by atoms with E-state index in [9.17, 15) is 22.8 Å². The van der Waals surface area contributed by atoms with Crippen LogP contribution in [0.1, 0.15) is 22.4 Å². The summed E-state index contributed by atoms with van der Waals surface area (Å²) in [5.41, 5.74) is -1.29. The Morgan fingerprint density at radius 2 is 1.73 bits per heavy atom. The highest BCUT2D eigenvalue weighted by Gasteiger charge is 2.32. The Morgan fingerprint density at radius 1 is 1.14 bits per heavy atom. The smallest absolute Gasteiger partial charge is 0.273 e. The number of halogens is 4. The van der Waals surface area contributed by atoms with Gasteiger partial charge in [-0.1, -0.05) is 11.6 Å². The summed E-state index contributed by atoms with van der Waals surface area (Å²) in [4.78, 5) is 25.7. The number of hydrogen-bond donors (Lipinski definition) is 1. The van der Waals surface area contributed by atoms with Gasteiger partial charge in [0.05, 0.1) is 16.3 Å². The van der Waals surface area contributed by atoms with E-state index in [1.807, 2.05) is 0 Å². The second-order valence-electron chi connectivity index (χ2n) is 4.93. The highest BCUT2D eigenvalue weighted by molar-refractivity contribution is 6.32. The molecule has 0 atom stereocenters. The molecule has 0 aliphatic carbocycles. The number of rotatable bonds is 1. The molecule has 0 radical (unpaired) electrons. The van der Waals surface area contributed by atoms with Crippen molar-refractivity contribution >= 4 is 11.6 Å². The van der Waals surface area contributed by atoms with E-state index in [1.165, 1.54) is 20.8 Å². The molecular weight excluding hydrogens is 321 g/mol. The summed E-state index contributed by atoms with van der Waals surface area (Å²) in [7, 11) is 0. The van der Waals surface area contributed by atoms with Crippen molar-refractivity contribution in [3.8, 4) is 5.69 Å². The van der Waals surface area contributed by atoms with Crippen molar-refractivity contribution in [2.45, 2.75) is 26.9 Å². The lowest BCUT2D eigenvalue weighted by Crippen LogP contribution is -2.33. The van der Waals surface area contributed by atoms with Gasteiger partial charge in [-0.15, -0.1) is 0 Å². The number of hydrogen-bond acceptors (Lipinski definition) is 2. The molecular formula is C14H12ClF3N2O2.